The number of nitrogens with zero attached hydrogens (tertiary/aromatic N) is 1. The summed E-state index contributed by atoms with van der Waals surface area (Å²) in [5.41, 5.74) is 12.1. The van der Waals surface area contributed by atoms with Crippen molar-refractivity contribution in [2.24, 2.45) is 11.5 Å². The summed E-state index contributed by atoms with van der Waals surface area (Å²) in [6, 6.07) is 7.43. The number of hydrogen-bond acceptors (Lipinski definition) is 5. The van der Waals surface area contributed by atoms with Crippen molar-refractivity contribution in [3.05, 3.63) is 29.8 Å². The molecular formula is C15H23N3O3. The van der Waals surface area contributed by atoms with Crippen molar-refractivity contribution >= 4 is 5.91 Å². The zero-order valence-electron chi connectivity index (χ0n) is 12.2. The Bertz CT molecular complexity index is 467. The van der Waals surface area contributed by atoms with E-state index >= 15 is 0 Å². The number of morpholine rings is 1. The average Bonchev–Trinajstić information content (AvgIpc) is 2.52. The SMILES string of the molecule is NCc1ccccc1OCCCN1CCOCC1C(N)=O. The summed E-state index contributed by atoms with van der Waals surface area (Å²) < 4.78 is 11.1. The van der Waals surface area contributed by atoms with Gasteiger partial charge >= 0.3 is 0 Å². The standard InChI is InChI=1S/C15H23N3O3/c16-10-12-4-1-2-5-14(12)21-8-3-6-18-7-9-20-11-13(18)15(17)19/h1-2,4-5,13H,3,6-11,16H2,(H2,17,19). The van der Waals surface area contributed by atoms with Crippen molar-refractivity contribution in [2.75, 3.05) is 32.9 Å². The first kappa shape index (κ1) is 15.8. The van der Waals surface area contributed by atoms with Crippen LogP contribution >= 0.6 is 0 Å². The van der Waals surface area contributed by atoms with Crippen LogP contribution in [0.3, 0.4) is 0 Å². The number of amides is 1. The molecule has 1 heterocycles. The third-order valence-electron chi connectivity index (χ3n) is 3.61. The van der Waals surface area contributed by atoms with E-state index < -0.39 is 0 Å². The number of para-hydroxylation sites is 1. The van der Waals surface area contributed by atoms with Crippen molar-refractivity contribution < 1.29 is 14.3 Å². The number of ether oxygens (including phenoxy) is 2. The van der Waals surface area contributed by atoms with Crippen molar-refractivity contribution in [1.29, 1.82) is 0 Å². The van der Waals surface area contributed by atoms with Crippen LogP contribution in [-0.2, 0) is 16.1 Å². The van der Waals surface area contributed by atoms with Crippen molar-refractivity contribution in [2.45, 2.75) is 19.0 Å². The second-order valence-corrected chi connectivity index (χ2v) is 5.04. The lowest BCUT2D eigenvalue weighted by atomic mass is 10.2. The average molecular weight is 293 g/mol. The summed E-state index contributed by atoms with van der Waals surface area (Å²) in [5.74, 6) is 0.498. The van der Waals surface area contributed by atoms with E-state index in [4.69, 9.17) is 20.9 Å². The molecule has 1 aromatic rings. The molecule has 0 radical (unpaired) electrons. The van der Waals surface area contributed by atoms with Gasteiger partial charge in [0.1, 0.15) is 11.8 Å². The first-order valence-corrected chi connectivity index (χ1v) is 7.24. The van der Waals surface area contributed by atoms with E-state index in [1.165, 1.54) is 0 Å². The molecule has 6 nitrogen and oxygen atoms in total. The van der Waals surface area contributed by atoms with Gasteiger partial charge in [0.2, 0.25) is 5.91 Å². The molecular weight excluding hydrogens is 270 g/mol. The first-order valence-electron chi connectivity index (χ1n) is 7.24. The molecule has 21 heavy (non-hydrogen) atoms. The Morgan fingerprint density at radius 3 is 3.00 bits per heavy atom. The molecule has 1 aliphatic rings. The Hall–Kier alpha value is -1.63. The number of benzene rings is 1. The Morgan fingerprint density at radius 2 is 2.24 bits per heavy atom. The minimum absolute atomic E-state index is 0.324. The third kappa shape index (κ3) is 4.42. The van der Waals surface area contributed by atoms with Crippen molar-refractivity contribution in [3.63, 3.8) is 0 Å². The summed E-state index contributed by atoms with van der Waals surface area (Å²) in [6.07, 6.45) is 0.822. The van der Waals surface area contributed by atoms with E-state index in [0.29, 0.717) is 26.4 Å². The molecule has 0 spiro atoms. The number of primary amides is 1. The van der Waals surface area contributed by atoms with Crippen LogP contribution in [0.4, 0.5) is 0 Å². The van der Waals surface area contributed by atoms with Crippen LogP contribution in [0.25, 0.3) is 0 Å². The Morgan fingerprint density at radius 1 is 1.43 bits per heavy atom. The largest absolute Gasteiger partial charge is 0.493 e. The van der Waals surface area contributed by atoms with Crippen molar-refractivity contribution in [3.8, 4) is 5.75 Å². The van der Waals surface area contributed by atoms with E-state index in [-0.39, 0.29) is 11.9 Å². The topological polar surface area (TPSA) is 90.8 Å². The normalized spacial score (nSPS) is 19.4. The van der Waals surface area contributed by atoms with Gasteiger partial charge in [-0.15, -0.1) is 0 Å². The number of nitrogens with two attached hydrogens (primary N) is 2. The molecule has 4 N–H and O–H groups in total. The maximum atomic E-state index is 11.4. The second-order valence-electron chi connectivity index (χ2n) is 5.04. The summed E-state index contributed by atoms with van der Waals surface area (Å²) in [5, 5.41) is 0. The summed E-state index contributed by atoms with van der Waals surface area (Å²) in [7, 11) is 0. The summed E-state index contributed by atoms with van der Waals surface area (Å²) in [6.45, 7) is 3.56. The number of rotatable bonds is 7. The number of carbonyl (C=O) groups excluding carboxylic acids is 1. The van der Waals surface area contributed by atoms with E-state index in [9.17, 15) is 4.79 Å². The van der Waals surface area contributed by atoms with Gasteiger partial charge in [-0.25, -0.2) is 0 Å². The zero-order chi connectivity index (χ0) is 15.1. The molecule has 0 aromatic heterocycles. The minimum Gasteiger partial charge on any atom is -0.493 e. The highest BCUT2D eigenvalue weighted by molar-refractivity contribution is 5.80. The van der Waals surface area contributed by atoms with Gasteiger partial charge in [0.05, 0.1) is 19.8 Å². The fourth-order valence-electron chi connectivity index (χ4n) is 2.43. The molecule has 1 fully saturated rings. The van der Waals surface area contributed by atoms with Gasteiger partial charge < -0.3 is 20.9 Å². The monoisotopic (exact) mass is 293 g/mol. The molecule has 0 aliphatic carbocycles. The molecule has 1 atom stereocenters. The Kier molecular flexibility index (Phi) is 5.98. The van der Waals surface area contributed by atoms with Gasteiger partial charge in [-0.2, -0.15) is 0 Å². The highest BCUT2D eigenvalue weighted by atomic mass is 16.5. The van der Waals surface area contributed by atoms with E-state index in [0.717, 1.165) is 30.8 Å². The lowest BCUT2D eigenvalue weighted by Crippen LogP contribution is -2.52. The van der Waals surface area contributed by atoms with Gasteiger partial charge in [-0.1, -0.05) is 18.2 Å². The summed E-state index contributed by atoms with van der Waals surface area (Å²) >= 11 is 0. The van der Waals surface area contributed by atoms with Crippen LogP contribution in [0.1, 0.15) is 12.0 Å². The van der Waals surface area contributed by atoms with Crippen LogP contribution in [0, 0.1) is 0 Å². The molecule has 1 unspecified atom stereocenters. The quantitative estimate of drug-likeness (QED) is 0.696. The maximum Gasteiger partial charge on any atom is 0.237 e. The molecule has 0 saturated carbocycles. The minimum atomic E-state index is -0.330. The van der Waals surface area contributed by atoms with Gasteiger partial charge in [0, 0.05) is 25.2 Å². The smallest absolute Gasteiger partial charge is 0.237 e. The predicted molar refractivity (Wildman–Crippen MR) is 79.8 cm³/mol. The fraction of sp³-hybridized carbons (Fsp3) is 0.533. The molecule has 0 bridgehead atoms. The molecule has 6 heteroatoms. The van der Waals surface area contributed by atoms with Crippen LogP contribution in [0.5, 0.6) is 5.75 Å². The highest BCUT2D eigenvalue weighted by Crippen LogP contribution is 2.17. The number of hydrogen-bond donors (Lipinski definition) is 2. The highest BCUT2D eigenvalue weighted by Gasteiger charge is 2.26. The Balaban J connectivity index is 1.77. The lowest BCUT2D eigenvalue weighted by Gasteiger charge is -2.33. The van der Waals surface area contributed by atoms with Gasteiger partial charge in [0.15, 0.2) is 0 Å². The molecule has 1 aliphatic heterocycles. The van der Waals surface area contributed by atoms with E-state index in [1.54, 1.807) is 0 Å². The van der Waals surface area contributed by atoms with E-state index in [2.05, 4.69) is 4.90 Å². The molecule has 116 valence electrons. The fourth-order valence-corrected chi connectivity index (χ4v) is 2.43. The number of carbonyl (C=O) groups is 1. The van der Waals surface area contributed by atoms with Crippen LogP contribution in [0.15, 0.2) is 24.3 Å². The Labute approximate surface area is 125 Å². The maximum absolute atomic E-state index is 11.4. The predicted octanol–water partition coefficient (Wildman–Crippen LogP) is 0.100. The van der Waals surface area contributed by atoms with Crippen LogP contribution < -0.4 is 16.2 Å². The zero-order valence-corrected chi connectivity index (χ0v) is 12.2. The van der Waals surface area contributed by atoms with Crippen molar-refractivity contribution in [1.82, 2.24) is 4.90 Å². The molecule has 1 aromatic carbocycles. The van der Waals surface area contributed by atoms with Crippen LogP contribution in [-0.4, -0.2) is 49.8 Å². The first-order chi connectivity index (χ1) is 10.2. The molecule has 2 rings (SSSR count). The van der Waals surface area contributed by atoms with Gasteiger partial charge in [-0.3, -0.25) is 9.69 Å². The lowest BCUT2D eigenvalue weighted by molar-refractivity contribution is -0.129. The van der Waals surface area contributed by atoms with E-state index in [1.807, 2.05) is 24.3 Å². The van der Waals surface area contributed by atoms with Gasteiger partial charge in [0.25, 0.3) is 0 Å². The molecule has 1 saturated heterocycles. The summed E-state index contributed by atoms with van der Waals surface area (Å²) in [4.78, 5) is 13.4. The van der Waals surface area contributed by atoms with Gasteiger partial charge in [-0.05, 0) is 12.5 Å². The van der Waals surface area contributed by atoms with Crippen LogP contribution in [0.2, 0.25) is 0 Å². The molecule has 1 amide bonds. The third-order valence-corrected chi connectivity index (χ3v) is 3.61. The second kappa shape index (κ2) is 7.97.